The minimum Gasteiger partial charge on any atom is -0.505 e. The van der Waals surface area contributed by atoms with Gasteiger partial charge in [0.25, 0.3) is 5.76 Å². The zero-order valence-corrected chi connectivity index (χ0v) is 38.5. The van der Waals surface area contributed by atoms with Gasteiger partial charge >= 0.3 is 23.9 Å². The zero-order valence-electron chi connectivity index (χ0n) is 38.5. The van der Waals surface area contributed by atoms with Crippen LogP contribution < -0.4 is 4.74 Å². The Labute approximate surface area is 384 Å². The smallest absolute Gasteiger partial charge is 0.379 e. The fourth-order valence-corrected chi connectivity index (χ4v) is 11.7. The van der Waals surface area contributed by atoms with Crippen molar-refractivity contribution >= 4 is 23.9 Å². The number of aliphatic hydroxyl groups excluding tert-OH is 3. The molecule has 0 radical (unpaired) electrons. The van der Waals surface area contributed by atoms with Crippen LogP contribution in [0.5, 0.6) is 5.75 Å². The van der Waals surface area contributed by atoms with Crippen LogP contribution in [0, 0.1) is 41.9 Å². The van der Waals surface area contributed by atoms with Crippen LogP contribution in [0.2, 0.25) is 0 Å². The van der Waals surface area contributed by atoms with Gasteiger partial charge in [0.2, 0.25) is 0 Å². The highest BCUT2D eigenvalue weighted by atomic mass is 16.7. The molecular weight excluding hydrogens is 857 g/mol. The molecule has 16 heteroatoms. The lowest BCUT2D eigenvalue weighted by molar-refractivity contribution is -0.318. The number of esters is 3. The van der Waals surface area contributed by atoms with E-state index in [4.69, 9.17) is 37.9 Å². The van der Waals surface area contributed by atoms with Gasteiger partial charge in [-0.1, -0.05) is 62.3 Å². The molecule has 16 nitrogen and oxygen atoms in total. The first-order valence-electron chi connectivity index (χ1n) is 23.5. The Morgan fingerprint density at radius 2 is 1.65 bits per heavy atom. The van der Waals surface area contributed by atoms with E-state index in [1.165, 1.54) is 13.2 Å². The third-order valence-electron chi connectivity index (χ3n) is 15.3. The van der Waals surface area contributed by atoms with E-state index in [1.807, 2.05) is 13.0 Å². The van der Waals surface area contributed by atoms with Crippen molar-refractivity contribution in [1.82, 2.24) is 0 Å². The van der Waals surface area contributed by atoms with Crippen LogP contribution in [0.15, 0.2) is 65.7 Å². The van der Waals surface area contributed by atoms with Gasteiger partial charge in [0.05, 0.1) is 36.9 Å². The number of benzene rings is 1. The lowest BCUT2D eigenvalue weighted by Gasteiger charge is -2.51. The second-order valence-corrected chi connectivity index (χ2v) is 19.4. The summed E-state index contributed by atoms with van der Waals surface area (Å²) in [5.41, 5.74) is -1.68. The van der Waals surface area contributed by atoms with E-state index in [-0.39, 0.29) is 48.2 Å². The number of carbonyl (C=O) groups is 4. The monoisotopic (exact) mass is 920 g/mol. The van der Waals surface area contributed by atoms with Crippen LogP contribution in [0.3, 0.4) is 0 Å². The van der Waals surface area contributed by atoms with Crippen molar-refractivity contribution < 1.29 is 77.5 Å². The average Bonchev–Trinajstić information content (AvgIpc) is 3.49. The van der Waals surface area contributed by atoms with Crippen LogP contribution in [0.1, 0.15) is 108 Å². The van der Waals surface area contributed by atoms with E-state index >= 15 is 0 Å². The number of aryl methyl sites for hydroxylation is 1. The van der Waals surface area contributed by atoms with E-state index in [0.717, 1.165) is 19.3 Å². The highest BCUT2D eigenvalue weighted by molar-refractivity contribution is 5.95. The van der Waals surface area contributed by atoms with E-state index in [2.05, 4.69) is 12.2 Å². The maximum atomic E-state index is 14.8. The van der Waals surface area contributed by atoms with Gasteiger partial charge in [-0.2, -0.15) is 0 Å². The Morgan fingerprint density at radius 3 is 2.39 bits per heavy atom. The molecular formula is C50H64O16. The molecule has 0 unspecified atom stereocenters. The first kappa shape index (κ1) is 47.9. The largest absolute Gasteiger partial charge is 0.505 e. The molecule has 3 aliphatic carbocycles. The number of carboxylic acids is 1. The summed E-state index contributed by atoms with van der Waals surface area (Å²) >= 11 is 0. The third-order valence-corrected chi connectivity index (χ3v) is 15.3. The third kappa shape index (κ3) is 8.84. The quantitative estimate of drug-likeness (QED) is 0.128. The molecule has 1 aromatic carbocycles. The van der Waals surface area contributed by atoms with Crippen molar-refractivity contribution in [3.63, 3.8) is 0 Å². The number of carboxylic acid groups (broad SMARTS) is 1. The summed E-state index contributed by atoms with van der Waals surface area (Å²) in [5, 5.41) is 44.2. The highest BCUT2D eigenvalue weighted by Gasteiger charge is 2.60. The Hall–Kier alpha value is -4.58. The lowest BCUT2D eigenvalue weighted by Crippen LogP contribution is -2.56. The Bertz CT molecular complexity index is 2150. The summed E-state index contributed by atoms with van der Waals surface area (Å²) < 4.78 is 48.4. The highest BCUT2D eigenvalue weighted by Crippen LogP contribution is 2.55. The molecule has 4 aliphatic heterocycles. The van der Waals surface area contributed by atoms with Gasteiger partial charge in [-0.05, 0) is 89.2 Å². The lowest BCUT2D eigenvalue weighted by atomic mass is 9.55. The summed E-state index contributed by atoms with van der Waals surface area (Å²) in [6.07, 6.45) is 6.86. The minimum atomic E-state index is -1.62. The molecule has 16 atom stereocenters. The molecule has 8 rings (SSSR count). The number of carbonyl (C=O) groups excluding carboxylic acids is 3. The van der Waals surface area contributed by atoms with Crippen LogP contribution in [-0.4, -0.2) is 112 Å². The summed E-state index contributed by atoms with van der Waals surface area (Å²) in [5.74, 6) is -6.23. The summed E-state index contributed by atoms with van der Waals surface area (Å²) in [7, 11) is 1.46. The van der Waals surface area contributed by atoms with Crippen molar-refractivity contribution in [2.75, 3.05) is 7.11 Å². The number of hydrogen-bond donors (Lipinski definition) is 4. The predicted octanol–water partition coefficient (Wildman–Crippen LogP) is 6.31. The van der Waals surface area contributed by atoms with E-state index in [0.29, 0.717) is 37.0 Å². The number of aliphatic carboxylic acids is 1. The zero-order chi connectivity index (χ0) is 47.2. The molecule has 2 saturated heterocycles. The first-order valence-corrected chi connectivity index (χ1v) is 23.5. The van der Waals surface area contributed by atoms with Crippen molar-refractivity contribution in [2.45, 2.75) is 160 Å². The second-order valence-electron chi connectivity index (χ2n) is 19.4. The SMILES string of the molecule is COc1cccc(C)c1C(=O)O[C@@H]1C[C@H](O[C@H]2[C@H](O)C[C@H](O[C@@H]3CCC[C@H]4[C@H]3C=C[C@@H]3CCCC/C=C/[C@H]5C=C(C(=O)O)[C@@H](C)C[C@@]56OC(=O)C(=C6O)OC(=O)[C@@]34C)O[C@@H]2C)O[C@H](C)[C@H]1O. The van der Waals surface area contributed by atoms with Crippen molar-refractivity contribution in [2.24, 2.45) is 35.0 Å². The second kappa shape index (κ2) is 19.2. The minimum absolute atomic E-state index is 0.00168. The molecule has 3 fully saturated rings. The molecule has 0 aromatic heterocycles. The van der Waals surface area contributed by atoms with Gasteiger partial charge < -0.3 is 58.3 Å². The Morgan fingerprint density at radius 1 is 0.894 bits per heavy atom. The normalized spacial score (nSPS) is 40.9. The number of aliphatic hydroxyl groups is 3. The van der Waals surface area contributed by atoms with Crippen LogP contribution in [0.4, 0.5) is 0 Å². The van der Waals surface area contributed by atoms with Gasteiger partial charge in [-0.25, -0.2) is 14.4 Å². The average molecular weight is 921 g/mol. The Balaban J connectivity index is 0.953. The van der Waals surface area contributed by atoms with Crippen LogP contribution in [-0.2, 0) is 47.5 Å². The van der Waals surface area contributed by atoms with Crippen molar-refractivity contribution in [3.05, 3.63) is 76.8 Å². The fraction of sp³-hybridized carbons (Fsp3) is 0.640. The topological polar surface area (TPSA) is 223 Å². The number of methoxy groups -OCH3 is 1. The van der Waals surface area contributed by atoms with E-state index < -0.39 is 114 Å². The number of ether oxygens (including phenoxy) is 8. The van der Waals surface area contributed by atoms with Crippen LogP contribution in [0.25, 0.3) is 0 Å². The molecule has 1 saturated carbocycles. The van der Waals surface area contributed by atoms with Gasteiger partial charge in [0.1, 0.15) is 29.6 Å². The summed E-state index contributed by atoms with van der Waals surface area (Å²) in [4.78, 5) is 53.8. The van der Waals surface area contributed by atoms with E-state index in [1.54, 1.807) is 52.0 Å². The van der Waals surface area contributed by atoms with Gasteiger partial charge in [0, 0.05) is 36.7 Å². The van der Waals surface area contributed by atoms with Gasteiger partial charge in [-0.15, -0.1) is 0 Å². The maximum Gasteiger partial charge on any atom is 0.379 e. The standard InChI is InChI=1S/C50H64O16/c1-25-13-11-18-36(59-6)40(25)46(56)63-37-23-39(60-27(3)41(37)52)64-42-28(4)61-38(22-34(42)51)62-35-17-12-16-33-31(35)20-19-29-14-9-7-8-10-15-30-21-32(45(54)55)26(2)24-50(30)44(53)43(47(57)66-50)65-48(58)49(29,33)5/h10-11,13,15,18-21,26-31,33-35,37-39,41-42,51-53H,7-9,12,14,16-17,22-24H2,1-6H3,(H,54,55)/b15-10+/t26-,27+,28+,29-,30-,31+,33-,34+,35+,37+,38-,39-,41+,42+,49-,50+/m0/s1. The Kier molecular flexibility index (Phi) is 13.9. The number of hydrogen-bond acceptors (Lipinski definition) is 15. The molecule has 360 valence electrons. The molecule has 7 aliphatic rings. The van der Waals surface area contributed by atoms with Crippen LogP contribution >= 0.6 is 0 Å². The predicted molar refractivity (Wildman–Crippen MR) is 233 cm³/mol. The molecule has 66 heavy (non-hydrogen) atoms. The molecule has 0 amide bonds. The number of allylic oxidation sites excluding steroid dienone is 2. The molecule has 4 heterocycles. The van der Waals surface area contributed by atoms with Gasteiger partial charge in [0.15, 0.2) is 23.9 Å². The molecule has 4 N–H and O–H groups in total. The summed E-state index contributed by atoms with van der Waals surface area (Å²) in [6, 6.07) is 5.20. The molecule has 2 bridgehead atoms. The van der Waals surface area contributed by atoms with E-state index in [9.17, 15) is 39.6 Å². The van der Waals surface area contributed by atoms with Gasteiger partial charge in [-0.3, -0.25) is 4.79 Å². The maximum absolute atomic E-state index is 14.8. The number of rotatable bonds is 8. The number of fused-ring (bicyclic) bond motifs is 3. The van der Waals surface area contributed by atoms with Crippen molar-refractivity contribution in [3.8, 4) is 5.75 Å². The first-order chi connectivity index (χ1) is 31.5. The van der Waals surface area contributed by atoms with Crippen molar-refractivity contribution in [1.29, 1.82) is 0 Å². The molecule has 1 aromatic rings. The molecule has 1 spiro atoms. The fourth-order valence-electron chi connectivity index (χ4n) is 11.7. The summed E-state index contributed by atoms with van der Waals surface area (Å²) in [6.45, 7) is 8.76.